The molecule has 0 aromatic heterocycles. The first kappa shape index (κ1) is 17.3. The van der Waals surface area contributed by atoms with E-state index in [0.29, 0.717) is 26.2 Å². The highest BCUT2D eigenvalue weighted by molar-refractivity contribution is 5.79. The molecule has 1 aromatic carbocycles. The summed E-state index contributed by atoms with van der Waals surface area (Å²) in [5.74, 6) is 0.156. The SMILES string of the molecule is CCOc1ccc(CN2CCN(C(C)=O)C[C@@H](C(N)=O)C2)cc1. The Balaban J connectivity index is 2.03. The van der Waals surface area contributed by atoms with Crippen molar-refractivity contribution in [3.8, 4) is 5.75 Å². The zero-order chi connectivity index (χ0) is 16.8. The van der Waals surface area contributed by atoms with E-state index in [1.54, 1.807) is 4.90 Å². The smallest absolute Gasteiger partial charge is 0.223 e. The molecule has 1 atom stereocenters. The highest BCUT2D eigenvalue weighted by Crippen LogP contribution is 2.16. The van der Waals surface area contributed by atoms with Crippen molar-refractivity contribution in [2.75, 3.05) is 32.8 Å². The van der Waals surface area contributed by atoms with Crippen LogP contribution in [0.5, 0.6) is 5.75 Å². The third-order valence-electron chi connectivity index (χ3n) is 4.09. The first-order valence-electron chi connectivity index (χ1n) is 7.98. The molecule has 6 nitrogen and oxygen atoms in total. The van der Waals surface area contributed by atoms with Gasteiger partial charge in [0.2, 0.25) is 11.8 Å². The molecule has 1 aliphatic heterocycles. The van der Waals surface area contributed by atoms with Gasteiger partial charge in [0.05, 0.1) is 12.5 Å². The van der Waals surface area contributed by atoms with Crippen molar-refractivity contribution in [1.29, 1.82) is 0 Å². The van der Waals surface area contributed by atoms with Crippen LogP contribution in [0.3, 0.4) is 0 Å². The van der Waals surface area contributed by atoms with Crippen LogP contribution in [0.15, 0.2) is 24.3 Å². The summed E-state index contributed by atoms with van der Waals surface area (Å²) in [6, 6.07) is 7.95. The van der Waals surface area contributed by atoms with E-state index in [1.165, 1.54) is 6.92 Å². The highest BCUT2D eigenvalue weighted by atomic mass is 16.5. The number of carbonyl (C=O) groups excluding carboxylic acids is 2. The average molecular weight is 319 g/mol. The predicted molar refractivity (Wildman–Crippen MR) is 87.8 cm³/mol. The summed E-state index contributed by atoms with van der Waals surface area (Å²) >= 11 is 0. The lowest BCUT2D eigenvalue weighted by Gasteiger charge is -2.22. The number of rotatable bonds is 5. The second-order valence-corrected chi connectivity index (χ2v) is 5.88. The van der Waals surface area contributed by atoms with Gasteiger partial charge >= 0.3 is 0 Å². The zero-order valence-corrected chi connectivity index (χ0v) is 13.8. The van der Waals surface area contributed by atoms with E-state index in [9.17, 15) is 9.59 Å². The Morgan fingerprint density at radius 2 is 1.91 bits per heavy atom. The van der Waals surface area contributed by atoms with Crippen molar-refractivity contribution in [3.63, 3.8) is 0 Å². The van der Waals surface area contributed by atoms with Crippen LogP contribution >= 0.6 is 0 Å². The summed E-state index contributed by atoms with van der Waals surface area (Å²) < 4.78 is 5.44. The summed E-state index contributed by atoms with van der Waals surface area (Å²) in [5, 5.41) is 0. The molecule has 1 aromatic rings. The molecule has 1 aliphatic rings. The van der Waals surface area contributed by atoms with Crippen LogP contribution in [0.1, 0.15) is 19.4 Å². The number of nitrogens with zero attached hydrogens (tertiary/aromatic N) is 2. The van der Waals surface area contributed by atoms with Crippen molar-refractivity contribution >= 4 is 11.8 Å². The van der Waals surface area contributed by atoms with Gasteiger partial charge in [0.25, 0.3) is 0 Å². The molecular formula is C17H25N3O3. The Labute approximate surface area is 137 Å². The molecule has 1 heterocycles. The maximum Gasteiger partial charge on any atom is 0.223 e. The van der Waals surface area contributed by atoms with E-state index in [1.807, 2.05) is 31.2 Å². The molecule has 0 radical (unpaired) electrons. The summed E-state index contributed by atoms with van der Waals surface area (Å²) in [6.07, 6.45) is 0. The lowest BCUT2D eigenvalue weighted by atomic mass is 10.1. The van der Waals surface area contributed by atoms with Gasteiger partial charge in [-0.3, -0.25) is 14.5 Å². The molecule has 0 unspecified atom stereocenters. The first-order valence-corrected chi connectivity index (χ1v) is 7.98. The maximum absolute atomic E-state index is 11.6. The van der Waals surface area contributed by atoms with E-state index < -0.39 is 0 Å². The topological polar surface area (TPSA) is 75.9 Å². The Hall–Kier alpha value is -2.08. The van der Waals surface area contributed by atoms with Crippen molar-refractivity contribution in [1.82, 2.24) is 9.80 Å². The molecule has 2 amide bonds. The fourth-order valence-electron chi connectivity index (χ4n) is 2.81. The molecule has 0 saturated carbocycles. The van der Waals surface area contributed by atoms with Gasteiger partial charge in [0.1, 0.15) is 5.75 Å². The van der Waals surface area contributed by atoms with Crippen LogP contribution in [0.25, 0.3) is 0 Å². The Bertz CT molecular complexity index is 545. The Morgan fingerprint density at radius 3 is 2.48 bits per heavy atom. The molecule has 1 saturated heterocycles. The quantitative estimate of drug-likeness (QED) is 0.873. The number of benzene rings is 1. The average Bonchev–Trinajstić information content (AvgIpc) is 2.72. The second-order valence-electron chi connectivity index (χ2n) is 5.88. The molecule has 23 heavy (non-hydrogen) atoms. The molecule has 2 N–H and O–H groups in total. The highest BCUT2D eigenvalue weighted by Gasteiger charge is 2.27. The number of amides is 2. The molecule has 0 bridgehead atoms. The molecule has 0 aliphatic carbocycles. The van der Waals surface area contributed by atoms with Crippen LogP contribution in [0, 0.1) is 5.92 Å². The number of nitrogens with two attached hydrogens (primary N) is 1. The fraction of sp³-hybridized carbons (Fsp3) is 0.529. The third kappa shape index (κ3) is 4.96. The second kappa shape index (κ2) is 7.97. The Morgan fingerprint density at radius 1 is 1.22 bits per heavy atom. The normalized spacial score (nSPS) is 19.2. The minimum Gasteiger partial charge on any atom is -0.494 e. The van der Waals surface area contributed by atoms with Crippen molar-refractivity contribution in [2.45, 2.75) is 20.4 Å². The molecule has 2 rings (SSSR count). The molecule has 0 spiro atoms. The van der Waals surface area contributed by atoms with Crippen molar-refractivity contribution in [3.05, 3.63) is 29.8 Å². The van der Waals surface area contributed by atoms with Gasteiger partial charge in [-0.05, 0) is 24.6 Å². The van der Waals surface area contributed by atoms with E-state index in [0.717, 1.165) is 24.4 Å². The van der Waals surface area contributed by atoms with Crippen molar-refractivity contribution in [2.24, 2.45) is 11.7 Å². The molecule has 126 valence electrons. The zero-order valence-electron chi connectivity index (χ0n) is 13.8. The molecular weight excluding hydrogens is 294 g/mol. The van der Waals surface area contributed by atoms with E-state index in [-0.39, 0.29) is 17.7 Å². The number of carbonyl (C=O) groups is 2. The number of primary amides is 1. The van der Waals surface area contributed by atoms with Crippen LogP contribution < -0.4 is 10.5 Å². The minimum absolute atomic E-state index is 0.0147. The fourth-order valence-corrected chi connectivity index (χ4v) is 2.81. The summed E-state index contributed by atoms with van der Waals surface area (Å²) in [4.78, 5) is 27.1. The predicted octanol–water partition coefficient (Wildman–Crippen LogP) is 0.851. The van der Waals surface area contributed by atoms with Crippen molar-refractivity contribution < 1.29 is 14.3 Å². The maximum atomic E-state index is 11.6. The van der Waals surface area contributed by atoms with Gasteiger partial charge in [-0.1, -0.05) is 12.1 Å². The summed E-state index contributed by atoms with van der Waals surface area (Å²) in [6.45, 7) is 7.19. The van der Waals surface area contributed by atoms with Gasteiger partial charge in [0, 0.05) is 39.6 Å². The lowest BCUT2D eigenvalue weighted by molar-refractivity contribution is -0.130. The van der Waals surface area contributed by atoms with Gasteiger partial charge in [-0.25, -0.2) is 0 Å². The Kier molecular flexibility index (Phi) is 5.98. The van der Waals surface area contributed by atoms with Gasteiger partial charge < -0.3 is 15.4 Å². The van der Waals surface area contributed by atoms with E-state index >= 15 is 0 Å². The summed E-state index contributed by atoms with van der Waals surface area (Å²) in [5.41, 5.74) is 6.63. The minimum atomic E-state index is -0.352. The van der Waals surface area contributed by atoms with Crippen LogP contribution in [0.4, 0.5) is 0 Å². The van der Waals surface area contributed by atoms with Gasteiger partial charge in [0.15, 0.2) is 0 Å². The number of hydrogen-bond acceptors (Lipinski definition) is 4. The molecule has 1 fully saturated rings. The van der Waals surface area contributed by atoms with Gasteiger partial charge in [-0.2, -0.15) is 0 Å². The third-order valence-corrected chi connectivity index (χ3v) is 4.09. The summed E-state index contributed by atoms with van der Waals surface area (Å²) in [7, 11) is 0. The number of ether oxygens (including phenoxy) is 1. The van der Waals surface area contributed by atoms with Crippen LogP contribution in [-0.2, 0) is 16.1 Å². The van der Waals surface area contributed by atoms with E-state index in [2.05, 4.69) is 4.90 Å². The lowest BCUT2D eigenvalue weighted by Crippen LogP contribution is -2.39. The first-order chi connectivity index (χ1) is 11.0. The van der Waals surface area contributed by atoms with Crippen LogP contribution in [-0.4, -0.2) is 54.4 Å². The molecule has 6 heteroatoms. The number of hydrogen-bond donors (Lipinski definition) is 1. The van der Waals surface area contributed by atoms with Gasteiger partial charge in [-0.15, -0.1) is 0 Å². The van der Waals surface area contributed by atoms with E-state index in [4.69, 9.17) is 10.5 Å². The largest absolute Gasteiger partial charge is 0.494 e. The monoisotopic (exact) mass is 319 g/mol. The standard InChI is InChI=1S/C17H25N3O3/c1-3-23-16-6-4-14(5-7-16)10-19-8-9-20(13(2)21)12-15(11-19)17(18)22/h4-7,15H,3,8-12H2,1-2H3,(H2,18,22)/t15-/m0/s1. The van der Waals surface area contributed by atoms with Crippen LogP contribution in [0.2, 0.25) is 0 Å².